The monoisotopic (exact) mass is 307 g/mol. The van der Waals surface area contributed by atoms with E-state index in [4.69, 9.17) is 0 Å². The molecule has 0 aliphatic heterocycles. The lowest BCUT2D eigenvalue weighted by atomic mass is 10.3. The number of nitrogens with one attached hydrogen (secondary N) is 2. The van der Waals surface area contributed by atoms with Crippen LogP contribution in [0, 0.1) is 0 Å². The number of aromatic nitrogens is 3. The van der Waals surface area contributed by atoms with E-state index in [-0.39, 0.29) is 6.03 Å². The Balaban J connectivity index is 1.49. The molecule has 0 atom stereocenters. The SMILES string of the molecule is O=C(NCCc1ccccn1)Nc1ccn(-c2ccccc2)n1. The van der Waals surface area contributed by atoms with Crippen LogP contribution in [0.3, 0.4) is 0 Å². The Kier molecular flexibility index (Phi) is 4.63. The Hall–Kier alpha value is -3.15. The normalized spacial score (nSPS) is 10.3. The molecule has 23 heavy (non-hydrogen) atoms. The van der Waals surface area contributed by atoms with Gasteiger partial charge in [-0.05, 0) is 24.3 Å². The van der Waals surface area contributed by atoms with Crippen LogP contribution in [0.1, 0.15) is 5.69 Å². The minimum absolute atomic E-state index is 0.278. The first-order valence-corrected chi connectivity index (χ1v) is 7.37. The Morgan fingerprint density at radius 3 is 2.65 bits per heavy atom. The van der Waals surface area contributed by atoms with E-state index in [0.717, 1.165) is 11.4 Å². The number of pyridine rings is 1. The highest BCUT2D eigenvalue weighted by molar-refractivity contribution is 5.88. The van der Waals surface area contributed by atoms with Crippen LogP contribution in [0.4, 0.5) is 10.6 Å². The summed E-state index contributed by atoms with van der Waals surface area (Å²) >= 11 is 0. The molecule has 3 rings (SSSR count). The van der Waals surface area contributed by atoms with Crippen molar-refractivity contribution in [3.05, 3.63) is 72.7 Å². The number of benzene rings is 1. The standard InChI is InChI=1S/C17H17N5O/c23-17(19-12-9-14-6-4-5-11-18-14)20-16-10-13-22(21-16)15-7-2-1-3-8-15/h1-8,10-11,13H,9,12H2,(H2,19,20,21,23). The van der Waals surface area contributed by atoms with Gasteiger partial charge in [0.25, 0.3) is 0 Å². The van der Waals surface area contributed by atoms with E-state index in [1.807, 2.05) is 48.5 Å². The zero-order chi connectivity index (χ0) is 15.9. The first-order valence-electron chi connectivity index (χ1n) is 7.37. The molecule has 0 aliphatic carbocycles. The maximum Gasteiger partial charge on any atom is 0.320 e. The third kappa shape index (κ3) is 4.16. The number of para-hydroxylation sites is 1. The zero-order valence-corrected chi connectivity index (χ0v) is 12.5. The molecule has 0 bridgehead atoms. The van der Waals surface area contributed by atoms with Crippen LogP contribution in [-0.4, -0.2) is 27.3 Å². The van der Waals surface area contributed by atoms with E-state index < -0.39 is 0 Å². The minimum Gasteiger partial charge on any atom is -0.337 e. The molecule has 0 radical (unpaired) electrons. The Bertz CT molecular complexity index is 755. The lowest BCUT2D eigenvalue weighted by Crippen LogP contribution is -2.30. The van der Waals surface area contributed by atoms with Crippen molar-refractivity contribution in [2.75, 3.05) is 11.9 Å². The molecular weight excluding hydrogens is 290 g/mol. The molecule has 0 saturated heterocycles. The van der Waals surface area contributed by atoms with Crippen LogP contribution in [0.5, 0.6) is 0 Å². The topological polar surface area (TPSA) is 71.8 Å². The summed E-state index contributed by atoms with van der Waals surface area (Å²) in [6.45, 7) is 0.516. The quantitative estimate of drug-likeness (QED) is 0.761. The van der Waals surface area contributed by atoms with Gasteiger partial charge in [0.05, 0.1) is 5.69 Å². The number of anilines is 1. The fourth-order valence-electron chi connectivity index (χ4n) is 2.13. The first kappa shape index (κ1) is 14.8. The number of nitrogens with zero attached hydrogens (tertiary/aromatic N) is 3. The summed E-state index contributed by atoms with van der Waals surface area (Å²) in [5.74, 6) is 0.504. The largest absolute Gasteiger partial charge is 0.337 e. The minimum atomic E-state index is -0.278. The van der Waals surface area contributed by atoms with Crippen molar-refractivity contribution in [2.24, 2.45) is 0 Å². The molecule has 0 fully saturated rings. The number of carbonyl (C=O) groups excluding carboxylic acids is 1. The van der Waals surface area contributed by atoms with Crippen LogP contribution in [0.25, 0.3) is 5.69 Å². The van der Waals surface area contributed by atoms with Crippen LogP contribution >= 0.6 is 0 Å². The summed E-state index contributed by atoms with van der Waals surface area (Å²) in [4.78, 5) is 16.1. The number of carbonyl (C=O) groups is 1. The molecule has 0 unspecified atom stereocenters. The predicted octanol–water partition coefficient (Wildman–Crippen LogP) is 2.63. The Morgan fingerprint density at radius 1 is 1.04 bits per heavy atom. The number of hydrogen-bond acceptors (Lipinski definition) is 3. The molecule has 2 N–H and O–H groups in total. The van der Waals surface area contributed by atoms with Gasteiger partial charge in [-0.3, -0.25) is 10.3 Å². The summed E-state index contributed by atoms with van der Waals surface area (Å²) in [6, 6.07) is 16.9. The average molecular weight is 307 g/mol. The van der Waals surface area contributed by atoms with Gasteiger partial charge in [0.1, 0.15) is 0 Å². The van der Waals surface area contributed by atoms with Crippen molar-refractivity contribution < 1.29 is 4.79 Å². The van der Waals surface area contributed by atoms with Gasteiger partial charge in [-0.2, -0.15) is 0 Å². The highest BCUT2D eigenvalue weighted by atomic mass is 16.2. The molecule has 2 amide bonds. The molecule has 2 aromatic heterocycles. The second-order valence-electron chi connectivity index (χ2n) is 4.93. The van der Waals surface area contributed by atoms with Crippen LogP contribution in [0.15, 0.2) is 67.0 Å². The van der Waals surface area contributed by atoms with Crippen LogP contribution in [-0.2, 0) is 6.42 Å². The summed E-state index contributed by atoms with van der Waals surface area (Å²) in [5.41, 5.74) is 1.89. The summed E-state index contributed by atoms with van der Waals surface area (Å²) in [5, 5.41) is 9.82. The summed E-state index contributed by atoms with van der Waals surface area (Å²) < 4.78 is 1.71. The third-order valence-corrected chi connectivity index (χ3v) is 3.24. The lowest BCUT2D eigenvalue weighted by molar-refractivity contribution is 0.252. The molecule has 0 saturated carbocycles. The average Bonchev–Trinajstić information content (AvgIpc) is 3.05. The zero-order valence-electron chi connectivity index (χ0n) is 12.5. The van der Waals surface area contributed by atoms with E-state index >= 15 is 0 Å². The number of amides is 2. The molecule has 0 spiro atoms. The van der Waals surface area contributed by atoms with Gasteiger partial charge in [-0.25, -0.2) is 9.48 Å². The number of rotatable bonds is 5. The highest BCUT2D eigenvalue weighted by Crippen LogP contribution is 2.09. The third-order valence-electron chi connectivity index (χ3n) is 3.24. The Labute approximate surface area is 134 Å². The van der Waals surface area contributed by atoms with Crippen molar-refractivity contribution in [3.63, 3.8) is 0 Å². The second kappa shape index (κ2) is 7.22. The fraction of sp³-hybridized carbons (Fsp3) is 0.118. The number of hydrogen-bond donors (Lipinski definition) is 2. The lowest BCUT2D eigenvalue weighted by Gasteiger charge is -2.05. The second-order valence-corrected chi connectivity index (χ2v) is 4.93. The van der Waals surface area contributed by atoms with E-state index in [9.17, 15) is 4.79 Å². The molecule has 3 aromatic rings. The Morgan fingerprint density at radius 2 is 1.87 bits per heavy atom. The van der Waals surface area contributed by atoms with Gasteiger partial charge in [0, 0.05) is 37.1 Å². The molecule has 6 heteroatoms. The maximum atomic E-state index is 11.9. The van der Waals surface area contributed by atoms with Gasteiger partial charge >= 0.3 is 6.03 Å². The van der Waals surface area contributed by atoms with Crippen LogP contribution < -0.4 is 10.6 Å². The van der Waals surface area contributed by atoms with E-state index in [1.54, 1.807) is 23.1 Å². The summed E-state index contributed by atoms with van der Waals surface area (Å²) in [6.07, 6.45) is 4.23. The molecule has 116 valence electrons. The molecule has 2 heterocycles. The van der Waals surface area contributed by atoms with Crippen molar-refractivity contribution in [1.29, 1.82) is 0 Å². The van der Waals surface area contributed by atoms with E-state index in [2.05, 4.69) is 20.7 Å². The van der Waals surface area contributed by atoms with Gasteiger partial charge in [0.15, 0.2) is 5.82 Å². The predicted molar refractivity (Wildman–Crippen MR) is 88.5 cm³/mol. The number of urea groups is 1. The van der Waals surface area contributed by atoms with Crippen molar-refractivity contribution >= 4 is 11.8 Å². The van der Waals surface area contributed by atoms with Crippen LogP contribution in [0.2, 0.25) is 0 Å². The van der Waals surface area contributed by atoms with E-state index in [0.29, 0.717) is 18.8 Å². The molecule has 1 aromatic carbocycles. The van der Waals surface area contributed by atoms with Gasteiger partial charge in [-0.1, -0.05) is 24.3 Å². The van der Waals surface area contributed by atoms with Crippen molar-refractivity contribution in [3.8, 4) is 5.69 Å². The van der Waals surface area contributed by atoms with Crippen molar-refractivity contribution in [1.82, 2.24) is 20.1 Å². The van der Waals surface area contributed by atoms with Gasteiger partial charge < -0.3 is 5.32 Å². The highest BCUT2D eigenvalue weighted by Gasteiger charge is 2.05. The molecular formula is C17H17N5O. The van der Waals surface area contributed by atoms with E-state index in [1.165, 1.54) is 0 Å². The van der Waals surface area contributed by atoms with Gasteiger partial charge in [0.2, 0.25) is 0 Å². The maximum absolute atomic E-state index is 11.9. The molecule has 0 aliphatic rings. The summed E-state index contributed by atoms with van der Waals surface area (Å²) in [7, 11) is 0. The van der Waals surface area contributed by atoms with Crippen molar-refractivity contribution in [2.45, 2.75) is 6.42 Å². The smallest absolute Gasteiger partial charge is 0.320 e. The van der Waals surface area contributed by atoms with Gasteiger partial charge in [-0.15, -0.1) is 5.10 Å². The molecule has 6 nitrogen and oxygen atoms in total. The first-order chi connectivity index (χ1) is 11.3. The fourth-order valence-corrected chi connectivity index (χ4v) is 2.13.